The van der Waals surface area contributed by atoms with Crippen molar-refractivity contribution in [1.29, 1.82) is 0 Å². The lowest BCUT2D eigenvalue weighted by molar-refractivity contribution is 0.0952. The maximum absolute atomic E-state index is 12.2. The summed E-state index contributed by atoms with van der Waals surface area (Å²) in [5.74, 6) is 1.59. The van der Waals surface area contributed by atoms with Crippen molar-refractivity contribution >= 4 is 28.2 Å². The molecule has 1 fully saturated rings. The van der Waals surface area contributed by atoms with Crippen molar-refractivity contribution in [1.82, 2.24) is 10.3 Å². The fourth-order valence-corrected chi connectivity index (χ4v) is 3.71. The lowest BCUT2D eigenvalue weighted by Crippen LogP contribution is -2.28. The van der Waals surface area contributed by atoms with Crippen molar-refractivity contribution in [3.8, 4) is 0 Å². The first kappa shape index (κ1) is 16.1. The van der Waals surface area contributed by atoms with E-state index in [1.165, 1.54) is 30.6 Å². The molecule has 0 aliphatic heterocycles. The lowest BCUT2D eigenvalue weighted by atomic mass is 10.1. The molecule has 0 bridgehead atoms. The van der Waals surface area contributed by atoms with Gasteiger partial charge in [-0.2, -0.15) is 0 Å². The number of nitrogens with zero attached hydrogens (tertiary/aromatic N) is 1. The number of nitrogens with one attached hydrogen (secondary N) is 2. The highest BCUT2D eigenvalue weighted by molar-refractivity contribution is 7.18. The van der Waals surface area contributed by atoms with Crippen LogP contribution in [-0.4, -0.2) is 23.0 Å². The maximum atomic E-state index is 12.2. The van der Waals surface area contributed by atoms with E-state index < -0.39 is 0 Å². The van der Waals surface area contributed by atoms with Gasteiger partial charge in [-0.15, -0.1) is 0 Å². The number of rotatable bonds is 4. The molecule has 4 N–H and O–H groups in total. The molecule has 1 heterocycles. The molecule has 1 aromatic rings. The number of hydrogen-bond donors (Lipinski definition) is 3. The third-order valence-electron chi connectivity index (χ3n) is 3.70. The van der Waals surface area contributed by atoms with Crippen LogP contribution in [0.3, 0.4) is 0 Å². The van der Waals surface area contributed by atoms with Gasteiger partial charge in [-0.3, -0.25) is 4.79 Å². The number of thiazole rings is 1. The van der Waals surface area contributed by atoms with E-state index in [9.17, 15) is 4.79 Å². The van der Waals surface area contributed by atoms with E-state index in [0.29, 0.717) is 21.7 Å². The second-order valence-corrected chi connectivity index (χ2v) is 8.10. The summed E-state index contributed by atoms with van der Waals surface area (Å²) >= 11 is 1.32. The number of hydrogen-bond acceptors (Lipinski definition) is 5. The zero-order chi connectivity index (χ0) is 15.6. The molecule has 5 nitrogen and oxygen atoms in total. The molecule has 1 aliphatic carbocycles. The molecular formula is C15H26N4OS. The predicted octanol–water partition coefficient (Wildman–Crippen LogP) is 3.10. The Morgan fingerprint density at radius 2 is 2.14 bits per heavy atom. The SMILES string of the molecule is CC1CCC(CNC(=O)c2sc(NC(C)(C)C)nc2N)C1. The van der Waals surface area contributed by atoms with Gasteiger partial charge in [0, 0.05) is 12.1 Å². The van der Waals surface area contributed by atoms with Crippen molar-refractivity contribution < 1.29 is 4.79 Å². The average molecular weight is 310 g/mol. The number of amides is 1. The van der Waals surface area contributed by atoms with Crippen LogP contribution in [0, 0.1) is 11.8 Å². The Kier molecular flexibility index (Phi) is 4.76. The Morgan fingerprint density at radius 1 is 1.43 bits per heavy atom. The highest BCUT2D eigenvalue weighted by Gasteiger charge is 2.23. The van der Waals surface area contributed by atoms with Crippen LogP contribution in [0.4, 0.5) is 10.9 Å². The summed E-state index contributed by atoms with van der Waals surface area (Å²) in [4.78, 5) is 17.0. The van der Waals surface area contributed by atoms with Gasteiger partial charge < -0.3 is 16.4 Å². The zero-order valence-electron chi connectivity index (χ0n) is 13.3. The fourth-order valence-electron chi connectivity index (χ4n) is 2.70. The summed E-state index contributed by atoms with van der Waals surface area (Å²) in [7, 11) is 0. The van der Waals surface area contributed by atoms with Crippen molar-refractivity contribution in [3.63, 3.8) is 0 Å². The summed E-state index contributed by atoms with van der Waals surface area (Å²) < 4.78 is 0. The smallest absolute Gasteiger partial charge is 0.265 e. The number of nitrogens with two attached hydrogens (primary N) is 1. The van der Waals surface area contributed by atoms with E-state index >= 15 is 0 Å². The van der Waals surface area contributed by atoms with Crippen molar-refractivity contribution in [2.24, 2.45) is 11.8 Å². The summed E-state index contributed by atoms with van der Waals surface area (Å²) in [5, 5.41) is 6.94. The van der Waals surface area contributed by atoms with E-state index in [0.717, 1.165) is 12.5 Å². The first-order valence-corrected chi connectivity index (χ1v) is 8.39. The molecule has 0 saturated heterocycles. The molecule has 0 spiro atoms. The van der Waals surface area contributed by atoms with Gasteiger partial charge >= 0.3 is 0 Å². The Labute approximate surface area is 130 Å². The number of carbonyl (C=O) groups is 1. The van der Waals surface area contributed by atoms with Gasteiger partial charge in [0.15, 0.2) is 5.13 Å². The fraction of sp³-hybridized carbons (Fsp3) is 0.733. The number of aromatic nitrogens is 1. The highest BCUT2D eigenvalue weighted by Crippen LogP contribution is 2.30. The monoisotopic (exact) mass is 310 g/mol. The zero-order valence-corrected chi connectivity index (χ0v) is 14.1. The Balaban J connectivity index is 1.93. The van der Waals surface area contributed by atoms with Crippen LogP contribution in [0.15, 0.2) is 0 Å². The van der Waals surface area contributed by atoms with Crippen LogP contribution in [0.25, 0.3) is 0 Å². The summed E-state index contributed by atoms with van der Waals surface area (Å²) in [5.41, 5.74) is 5.77. The van der Waals surface area contributed by atoms with Crippen molar-refractivity contribution in [3.05, 3.63) is 4.88 Å². The van der Waals surface area contributed by atoms with Gasteiger partial charge in [0.1, 0.15) is 10.7 Å². The second kappa shape index (κ2) is 6.22. The molecule has 1 aromatic heterocycles. The molecule has 0 radical (unpaired) electrons. The second-order valence-electron chi connectivity index (χ2n) is 7.10. The largest absolute Gasteiger partial charge is 0.382 e. The normalized spacial score (nSPS) is 22.3. The summed E-state index contributed by atoms with van der Waals surface area (Å²) in [6.45, 7) is 9.15. The molecular weight excluding hydrogens is 284 g/mol. The van der Waals surface area contributed by atoms with E-state index in [2.05, 4.69) is 22.5 Å². The number of carbonyl (C=O) groups excluding carboxylic acids is 1. The molecule has 21 heavy (non-hydrogen) atoms. The van der Waals surface area contributed by atoms with E-state index in [4.69, 9.17) is 5.73 Å². The van der Waals surface area contributed by atoms with Crippen LogP contribution < -0.4 is 16.4 Å². The van der Waals surface area contributed by atoms with Crippen molar-refractivity contribution in [2.45, 2.75) is 52.5 Å². The molecule has 2 unspecified atom stereocenters. The molecule has 118 valence electrons. The van der Waals surface area contributed by atoms with E-state index in [1.807, 2.05) is 20.8 Å². The summed E-state index contributed by atoms with van der Waals surface area (Å²) in [6.07, 6.45) is 3.68. The Hall–Kier alpha value is -1.30. The van der Waals surface area contributed by atoms with Crippen LogP contribution in [0.2, 0.25) is 0 Å². The molecule has 2 atom stereocenters. The number of anilines is 2. The minimum absolute atomic E-state index is 0.0992. The van der Waals surface area contributed by atoms with Gasteiger partial charge in [-0.25, -0.2) is 4.98 Å². The molecule has 2 rings (SSSR count). The first-order valence-electron chi connectivity index (χ1n) is 7.57. The van der Waals surface area contributed by atoms with Crippen molar-refractivity contribution in [2.75, 3.05) is 17.6 Å². The van der Waals surface area contributed by atoms with Gasteiger partial charge in [0.25, 0.3) is 5.91 Å². The molecule has 1 saturated carbocycles. The van der Waals surface area contributed by atoms with E-state index in [1.54, 1.807) is 0 Å². The molecule has 0 aromatic carbocycles. The third-order valence-corrected chi connectivity index (χ3v) is 4.68. The molecule has 6 heteroatoms. The van der Waals surface area contributed by atoms with Crippen LogP contribution in [0.5, 0.6) is 0 Å². The maximum Gasteiger partial charge on any atom is 0.265 e. The minimum Gasteiger partial charge on any atom is -0.382 e. The van der Waals surface area contributed by atoms with Gasteiger partial charge in [0.05, 0.1) is 0 Å². The third kappa shape index (κ3) is 4.59. The van der Waals surface area contributed by atoms with Crippen LogP contribution >= 0.6 is 11.3 Å². The highest BCUT2D eigenvalue weighted by atomic mass is 32.1. The minimum atomic E-state index is -0.105. The van der Waals surface area contributed by atoms with Gasteiger partial charge in [-0.05, 0) is 45.4 Å². The lowest BCUT2D eigenvalue weighted by Gasteiger charge is -2.19. The topological polar surface area (TPSA) is 80.0 Å². The predicted molar refractivity (Wildman–Crippen MR) is 88.7 cm³/mol. The summed E-state index contributed by atoms with van der Waals surface area (Å²) in [6, 6.07) is 0. The molecule has 1 aliphatic rings. The van der Waals surface area contributed by atoms with Gasteiger partial charge in [0.2, 0.25) is 0 Å². The van der Waals surface area contributed by atoms with E-state index in [-0.39, 0.29) is 11.4 Å². The standard InChI is InChI=1S/C15H26N4OS/c1-9-5-6-10(7-9)8-17-13(20)11-12(16)18-14(21-11)19-15(2,3)4/h9-10H,5-8,16H2,1-4H3,(H,17,20)(H,18,19). The Bertz CT molecular complexity index is 506. The van der Waals surface area contributed by atoms with Crippen LogP contribution in [-0.2, 0) is 0 Å². The van der Waals surface area contributed by atoms with Gasteiger partial charge in [-0.1, -0.05) is 24.7 Å². The quantitative estimate of drug-likeness (QED) is 0.798. The van der Waals surface area contributed by atoms with Crippen LogP contribution in [0.1, 0.15) is 56.6 Å². The Morgan fingerprint density at radius 3 is 2.71 bits per heavy atom. The average Bonchev–Trinajstić information content (AvgIpc) is 2.90. The first-order chi connectivity index (χ1) is 9.74. The number of nitrogen functional groups attached to an aromatic ring is 1. The molecule has 1 amide bonds.